The van der Waals surface area contributed by atoms with Crippen LogP contribution in [0.3, 0.4) is 0 Å². The lowest BCUT2D eigenvalue weighted by atomic mass is 10.3. The molecule has 1 aromatic heterocycles. The molecule has 0 atom stereocenters. The molecule has 0 saturated heterocycles. The molecule has 1 N–H and O–H groups in total. The fourth-order valence-electron chi connectivity index (χ4n) is 0.786. The fourth-order valence-corrected chi connectivity index (χ4v) is 0.786. The lowest BCUT2D eigenvalue weighted by Gasteiger charge is -1.99. The maximum Gasteiger partial charge on any atom is 0.130 e. The van der Waals surface area contributed by atoms with E-state index in [-0.39, 0.29) is 6.61 Å². The second-order valence-corrected chi connectivity index (χ2v) is 2.41. The first-order valence-corrected chi connectivity index (χ1v) is 3.76. The van der Waals surface area contributed by atoms with Crippen molar-refractivity contribution in [2.45, 2.75) is 13.0 Å². The average molecular weight is 168 g/mol. The van der Waals surface area contributed by atoms with Crippen molar-refractivity contribution >= 4 is 0 Å². The zero-order valence-corrected chi connectivity index (χ0v) is 7.03. The summed E-state index contributed by atoms with van der Waals surface area (Å²) >= 11 is 0. The summed E-state index contributed by atoms with van der Waals surface area (Å²) in [4.78, 5) is 8.07. The Morgan fingerprint density at radius 3 is 2.58 bits per heavy atom. The number of rotatable bonds is 4. The highest BCUT2D eigenvalue weighted by Crippen LogP contribution is 1.96. The number of hydrogen-bond donors (Lipinski definition) is 1. The van der Waals surface area contributed by atoms with Gasteiger partial charge in [-0.1, -0.05) is 0 Å². The van der Waals surface area contributed by atoms with Crippen LogP contribution in [0, 0.1) is 0 Å². The van der Waals surface area contributed by atoms with E-state index in [1.54, 1.807) is 19.5 Å². The van der Waals surface area contributed by atoms with Gasteiger partial charge in [-0.3, -0.25) is 0 Å². The fraction of sp³-hybridized carbons (Fsp3) is 0.500. The summed E-state index contributed by atoms with van der Waals surface area (Å²) in [5.41, 5.74) is 0.733. The second-order valence-electron chi connectivity index (χ2n) is 2.41. The minimum atomic E-state index is -0.00937. The largest absolute Gasteiger partial charge is 0.392 e. The molecule has 0 aliphatic rings. The molecule has 1 aromatic rings. The van der Waals surface area contributed by atoms with E-state index in [1.165, 1.54) is 0 Å². The molecule has 0 spiro atoms. The molecule has 0 aliphatic carbocycles. The highest BCUT2D eigenvalue weighted by atomic mass is 16.5. The van der Waals surface area contributed by atoms with Crippen LogP contribution in [0.2, 0.25) is 0 Å². The van der Waals surface area contributed by atoms with Crippen LogP contribution in [0.1, 0.15) is 11.4 Å². The lowest BCUT2D eigenvalue weighted by molar-refractivity contribution is 0.200. The van der Waals surface area contributed by atoms with Crippen LogP contribution in [-0.2, 0) is 17.8 Å². The van der Waals surface area contributed by atoms with E-state index in [2.05, 4.69) is 9.97 Å². The van der Waals surface area contributed by atoms with Crippen LogP contribution >= 0.6 is 0 Å². The van der Waals surface area contributed by atoms with Gasteiger partial charge in [0.1, 0.15) is 5.82 Å². The molecule has 1 rings (SSSR count). The lowest BCUT2D eigenvalue weighted by Crippen LogP contribution is -2.01. The van der Waals surface area contributed by atoms with Gasteiger partial charge in [0, 0.05) is 31.5 Å². The van der Waals surface area contributed by atoms with Crippen molar-refractivity contribution in [3.8, 4) is 0 Å². The zero-order chi connectivity index (χ0) is 8.81. The highest BCUT2D eigenvalue weighted by Gasteiger charge is 1.95. The van der Waals surface area contributed by atoms with Crippen LogP contribution < -0.4 is 0 Å². The van der Waals surface area contributed by atoms with Gasteiger partial charge < -0.3 is 9.84 Å². The van der Waals surface area contributed by atoms with Gasteiger partial charge in [0.2, 0.25) is 0 Å². The van der Waals surface area contributed by atoms with E-state index in [4.69, 9.17) is 9.84 Å². The van der Waals surface area contributed by atoms with E-state index in [0.717, 1.165) is 11.4 Å². The Morgan fingerprint density at radius 1 is 1.42 bits per heavy atom. The third kappa shape index (κ3) is 2.56. The molecule has 12 heavy (non-hydrogen) atoms. The van der Waals surface area contributed by atoms with E-state index < -0.39 is 0 Å². The van der Waals surface area contributed by atoms with E-state index >= 15 is 0 Å². The third-order valence-electron chi connectivity index (χ3n) is 1.47. The maximum atomic E-state index is 8.70. The van der Waals surface area contributed by atoms with Crippen molar-refractivity contribution in [1.29, 1.82) is 0 Å². The van der Waals surface area contributed by atoms with Gasteiger partial charge in [0.15, 0.2) is 0 Å². The molecule has 0 saturated carbocycles. The average Bonchev–Trinajstić information content (AvgIpc) is 2.15. The zero-order valence-electron chi connectivity index (χ0n) is 7.03. The van der Waals surface area contributed by atoms with E-state index in [9.17, 15) is 0 Å². The minimum Gasteiger partial charge on any atom is -0.392 e. The van der Waals surface area contributed by atoms with Crippen LogP contribution in [0.4, 0.5) is 0 Å². The maximum absolute atomic E-state index is 8.70. The molecule has 0 fully saturated rings. The summed E-state index contributed by atoms with van der Waals surface area (Å²) < 4.78 is 4.87. The van der Waals surface area contributed by atoms with Gasteiger partial charge >= 0.3 is 0 Å². The summed E-state index contributed by atoms with van der Waals surface area (Å²) in [5.74, 6) is 0.744. The number of nitrogens with zero attached hydrogens (tertiary/aromatic N) is 2. The van der Waals surface area contributed by atoms with Crippen molar-refractivity contribution in [1.82, 2.24) is 9.97 Å². The minimum absolute atomic E-state index is 0.00937. The first-order chi connectivity index (χ1) is 5.86. The summed E-state index contributed by atoms with van der Waals surface area (Å²) in [6.07, 6.45) is 3.96. The normalized spacial score (nSPS) is 10.2. The first-order valence-electron chi connectivity index (χ1n) is 3.76. The summed E-state index contributed by atoms with van der Waals surface area (Å²) in [6.45, 7) is 0.614. The van der Waals surface area contributed by atoms with Crippen molar-refractivity contribution < 1.29 is 9.84 Å². The van der Waals surface area contributed by atoms with Crippen molar-refractivity contribution in [2.24, 2.45) is 0 Å². The van der Waals surface area contributed by atoms with Crippen molar-refractivity contribution in [3.63, 3.8) is 0 Å². The van der Waals surface area contributed by atoms with Gasteiger partial charge in [-0.15, -0.1) is 0 Å². The standard InChI is InChI=1S/C8H12N2O2/c1-12-3-2-8-9-4-7(6-11)5-10-8/h4-5,11H,2-3,6H2,1H3. The molecule has 0 radical (unpaired) electrons. The molecule has 1 heterocycles. The smallest absolute Gasteiger partial charge is 0.130 e. The molecule has 66 valence electrons. The Hall–Kier alpha value is -1.00. The molecule has 0 aromatic carbocycles. The number of aliphatic hydroxyl groups is 1. The number of aromatic nitrogens is 2. The van der Waals surface area contributed by atoms with Gasteiger partial charge in [-0.2, -0.15) is 0 Å². The van der Waals surface area contributed by atoms with Gasteiger partial charge in [0.05, 0.1) is 13.2 Å². The van der Waals surface area contributed by atoms with Crippen LogP contribution in [0.25, 0.3) is 0 Å². The second kappa shape index (κ2) is 4.79. The third-order valence-corrected chi connectivity index (χ3v) is 1.47. The van der Waals surface area contributed by atoms with Crippen LogP contribution in [-0.4, -0.2) is 28.8 Å². The predicted molar refractivity (Wildman–Crippen MR) is 43.5 cm³/mol. The Bertz CT molecular complexity index is 223. The molecular weight excluding hydrogens is 156 g/mol. The molecule has 0 amide bonds. The first kappa shape index (κ1) is 9.09. The number of methoxy groups -OCH3 is 1. The summed E-state index contributed by atoms with van der Waals surface area (Å²) in [5, 5.41) is 8.70. The molecule has 4 heteroatoms. The molecular formula is C8H12N2O2. The number of ether oxygens (including phenoxy) is 1. The summed E-state index contributed by atoms with van der Waals surface area (Å²) in [6, 6.07) is 0. The summed E-state index contributed by atoms with van der Waals surface area (Å²) in [7, 11) is 1.64. The number of hydrogen-bond acceptors (Lipinski definition) is 4. The highest BCUT2D eigenvalue weighted by molar-refractivity contribution is 5.03. The SMILES string of the molecule is COCCc1ncc(CO)cn1. The van der Waals surface area contributed by atoms with Crippen molar-refractivity contribution in [3.05, 3.63) is 23.8 Å². The molecule has 0 bridgehead atoms. The predicted octanol–water partition coefficient (Wildman–Crippen LogP) is 0.158. The monoisotopic (exact) mass is 168 g/mol. The van der Waals surface area contributed by atoms with Gasteiger partial charge in [0.25, 0.3) is 0 Å². The van der Waals surface area contributed by atoms with E-state index in [0.29, 0.717) is 13.0 Å². The topological polar surface area (TPSA) is 55.2 Å². The molecule has 0 unspecified atom stereocenters. The van der Waals surface area contributed by atoms with Crippen molar-refractivity contribution in [2.75, 3.05) is 13.7 Å². The quantitative estimate of drug-likeness (QED) is 0.695. The van der Waals surface area contributed by atoms with Gasteiger partial charge in [-0.05, 0) is 0 Å². The number of aliphatic hydroxyl groups excluding tert-OH is 1. The Morgan fingerprint density at radius 2 is 2.08 bits per heavy atom. The molecule has 0 aliphatic heterocycles. The molecule has 4 nitrogen and oxygen atoms in total. The van der Waals surface area contributed by atoms with Crippen LogP contribution in [0.5, 0.6) is 0 Å². The Kier molecular flexibility index (Phi) is 3.63. The van der Waals surface area contributed by atoms with E-state index in [1.807, 2.05) is 0 Å². The Labute approximate surface area is 71.2 Å². The van der Waals surface area contributed by atoms with Crippen LogP contribution in [0.15, 0.2) is 12.4 Å². The van der Waals surface area contributed by atoms with Gasteiger partial charge in [-0.25, -0.2) is 9.97 Å². The Balaban J connectivity index is 2.53.